The fourth-order valence-corrected chi connectivity index (χ4v) is 11.4. The fraction of sp³-hybridized carbons (Fsp3) is 1.00. The van der Waals surface area contributed by atoms with Crippen LogP contribution in [0.2, 0.25) is 0 Å². The first-order valence-corrected chi connectivity index (χ1v) is 13.5. The third kappa shape index (κ3) is 7.63. The summed E-state index contributed by atoms with van der Waals surface area (Å²) < 4.78 is 1.39. The number of thioether (sulfide) groups is 6. The summed E-state index contributed by atoms with van der Waals surface area (Å²) in [6.45, 7) is 0.674. The molecule has 2 aliphatic rings. The molecule has 2 saturated heterocycles. The van der Waals surface area contributed by atoms with E-state index in [1.54, 1.807) is 0 Å². The van der Waals surface area contributed by atoms with E-state index in [2.05, 4.69) is 23.5 Å². The monoisotopic (exact) mass is 404 g/mol. The Balaban J connectivity index is 1.37. The van der Waals surface area contributed by atoms with E-state index in [-0.39, 0.29) is 0 Å². The summed E-state index contributed by atoms with van der Waals surface area (Å²) in [6.07, 6.45) is 1.30. The van der Waals surface area contributed by atoms with Crippen LogP contribution in [-0.4, -0.2) is 77.6 Å². The van der Waals surface area contributed by atoms with E-state index in [0.717, 1.165) is 11.5 Å². The molecular formula is C13H24O2S6. The van der Waals surface area contributed by atoms with E-state index >= 15 is 0 Å². The molecule has 0 aromatic carbocycles. The van der Waals surface area contributed by atoms with Crippen LogP contribution in [0.5, 0.6) is 0 Å². The summed E-state index contributed by atoms with van der Waals surface area (Å²) in [6, 6.07) is 0. The van der Waals surface area contributed by atoms with Gasteiger partial charge < -0.3 is 10.2 Å². The summed E-state index contributed by atoms with van der Waals surface area (Å²) in [5.74, 6) is 7.21. The van der Waals surface area contributed by atoms with E-state index in [1.807, 2.05) is 47.0 Å². The van der Waals surface area contributed by atoms with Gasteiger partial charge in [0.15, 0.2) is 0 Å². The van der Waals surface area contributed by atoms with Gasteiger partial charge in [-0.05, 0) is 17.9 Å². The molecule has 21 heavy (non-hydrogen) atoms. The van der Waals surface area contributed by atoms with E-state index in [9.17, 15) is 0 Å². The van der Waals surface area contributed by atoms with Gasteiger partial charge in [-0.25, -0.2) is 0 Å². The molecular weight excluding hydrogens is 381 g/mol. The van der Waals surface area contributed by atoms with Crippen LogP contribution in [0.3, 0.4) is 0 Å². The molecule has 4 atom stereocenters. The highest BCUT2D eigenvalue weighted by atomic mass is 32.2. The maximum Gasteiger partial charge on any atom is 0.0597 e. The quantitative estimate of drug-likeness (QED) is 0.538. The Labute approximate surface area is 153 Å². The zero-order chi connectivity index (χ0) is 14.9. The normalized spacial score (nSPS) is 32.9. The van der Waals surface area contributed by atoms with Crippen molar-refractivity contribution in [2.75, 3.05) is 47.7 Å². The smallest absolute Gasteiger partial charge is 0.0597 e. The van der Waals surface area contributed by atoms with Crippen molar-refractivity contribution in [2.45, 2.75) is 26.1 Å². The molecule has 2 nitrogen and oxygen atoms in total. The Hall–Kier alpha value is 2.02. The van der Waals surface area contributed by atoms with Crippen molar-refractivity contribution in [3.63, 3.8) is 0 Å². The third-order valence-corrected chi connectivity index (χ3v) is 12.8. The van der Waals surface area contributed by atoms with Gasteiger partial charge in [-0.2, -0.15) is 23.5 Å². The van der Waals surface area contributed by atoms with Gasteiger partial charge in [0.25, 0.3) is 0 Å². The molecule has 0 bridgehead atoms. The summed E-state index contributed by atoms with van der Waals surface area (Å²) in [5, 5.41) is 19.2. The summed E-state index contributed by atoms with van der Waals surface area (Å²) >= 11 is 12.1. The van der Waals surface area contributed by atoms with Gasteiger partial charge in [-0.3, -0.25) is 0 Å². The highest BCUT2D eigenvalue weighted by molar-refractivity contribution is 8.22. The van der Waals surface area contributed by atoms with Crippen LogP contribution < -0.4 is 0 Å². The Morgan fingerprint density at radius 2 is 1.29 bits per heavy atom. The van der Waals surface area contributed by atoms with Gasteiger partial charge in [0.1, 0.15) is 0 Å². The van der Waals surface area contributed by atoms with Crippen molar-refractivity contribution in [2.24, 2.45) is 0 Å². The molecule has 2 fully saturated rings. The number of hydrogen-bond acceptors (Lipinski definition) is 8. The molecule has 4 unspecified atom stereocenters. The SMILES string of the molecule is OCC1CSC(CSCCCSCC2SCC(CO)S2)S1. The van der Waals surface area contributed by atoms with E-state index in [4.69, 9.17) is 10.2 Å². The van der Waals surface area contributed by atoms with Crippen molar-refractivity contribution >= 4 is 70.6 Å². The van der Waals surface area contributed by atoms with Crippen LogP contribution >= 0.6 is 70.6 Å². The second kappa shape index (κ2) is 11.6. The molecule has 0 radical (unpaired) electrons. The molecule has 0 aliphatic carbocycles. The average molecular weight is 405 g/mol. The van der Waals surface area contributed by atoms with Gasteiger partial charge in [0, 0.05) is 33.5 Å². The van der Waals surface area contributed by atoms with Crippen LogP contribution in [-0.2, 0) is 0 Å². The predicted octanol–water partition coefficient (Wildman–Crippen LogP) is 3.18. The van der Waals surface area contributed by atoms with Crippen LogP contribution in [0.25, 0.3) is 0 Å². The minimum absolute atomic E-state index is 0.337. The first-order valence-electron chi connectivity index (χ1n) is 7.23. The van der Waals surface area contributed by atoms with Gasteiger partial charge in [0.05, 0.1) is 22.4 Å². The van der Waals surface area contributed by atoms with Crippen LogP contribution in [0, 0.1) is 0 Å². The molecule has 124 valence electrons. The minimum Gasteiger partial charge on any atom is -0.395 e. The molecule has 2 rings (SSSR count). The lowest BCUT2D eigenvalue weighted by molar-refractivity contribution is 0.301. The van der Waals surface area contributed by atoms with E-state index in [0.29, 0.717) is 32.9 Å². The molecule has 0 spiro atoms. The van der Waals surface area contributed by atoms with Crippen molar-refractivity contribution < 1.29 is 10.2 Å². The number of hydrogen-bond donors (Lipinski definition) is 2. The molecule has 2 N–H and O–H groups in total. The standard InChI is InChI=1S/C13H24O2S6/c14-4-10-6-18-12(20-10)8-16-2-1-3-17-9-13-19-7-11(5-15)21-13/h10-15H,1-9H2. The molecule has 2 aliphatic heterocycles. The van der Waals surface area contributed by atoms with E-state index in [1.165, 1.54) is 29.4 Å². The molecule has 0 saturated carbocycles. The Kier molecular flexibility index (Phi) is 10.6. The summed E-state index contributed by atoms with van der Waals surface area (Å²) in [5.41, 5.74) is 0. The highest BCUT2D eigenvalue weighted by Crippen LogP contribution is 2.40. The topological polar surface area (TPSA) is 40.5 Å². The maximum absolute atomic E-state index is 9.11. The van der Waals surface area contributed by atoms with Crippen molar-refractivity contribution in [1.29, 1.82) is 0 Å². The zero-order valence-corrected chi connectivity index (χ0v) is 16.9. The number of aliphatic hydroxyl groups excluding tert-OH is 2. The summed E-state index contributed by atoms with van der Waals surface area (Å²) in [4.78, 5) is 0. The van der Waals surface area contributed by atoms with Crippen molar-refractivity contribution in [3.8, 4) is 0 Å². The van der Waals surface area contributed by atoms with Crippen LogP contribution in [0.15, 0.2) is 0 Å². The maximum atomic E-state index is 9.11. The van der Waals surface area contributed by atoms with Gasteiger partial charge in [-0.1, -0.05) is 0 Å². The number of aliphatic hydroxyl groups is 2. The third-order valence-electron chi connectivity index (χ3n) is 3.12. The molecule has 8 heteroatoms. The Bertz CT molecular complexity index is 257. The lowest BCUT2D eigenvalue weighted by Crippen LogP contribution is -2.07. The van der Waals surface area contributed by atoms with E-state index < -0.39 is 0 Å². The zero-order valence-electron chi connectivity index (χ0n) is 12.0. The molecule has 0 aromatic rings. The fourth-order valence-electron chi connectivity index (χ4n) is 2.00. The molecule has 0 amide bonds. The second-order valence-electron chi connectivity index (χ2n) is 4.91. The lowest BCUT2D eigenvalue weighted by Gasteiger charge is -2.10. The Morgan fingerprint density at radius 1 is 0.810 bits per heavy atom. The highest BCUT2D eigenvalue weighted by Gasteiger charge is 2.25. The summed E-state index contributed by atoms with van der Waals surface area (Å²) in [7, 11) is 0. The van der Waals surface area contributed by atoms with Gasteiger partial charge in [0.2, 0.25) is 0 Å². The lowest BCUT2D eigenvalue weighted by atomic mass is 10.5. The molecule has 2 heterocycles. The van der Waals surface area contributed by atoms with Gasteiger partial charge >= 0.3 is 0 Å². The largest absolute Gasteiger partial charge is 0.395 e. The average Bonchev–Trinajstić information content (AvgIpc) is 3.15. The van der Waals surface area contributed by atoms with Crippen LogP contribution in [0.1, 0.15) is 6.42 Å². The van der Waals surface area contributed by atoms with Crippen molar-refractivity contribution in [3.05, 3.63) is 0 Å². The second-order valence-corrected chi connectivity index (χ2v) is 13.3. The van der Waals surface area contributed by atoms with Gasteiger partial charge in [-0.15, -0.1) is 47.0 Å². The first-order chi connectivity index (χ1) is 10.3. The first kappa shape index (κ1) is 19.3. The predicted molar refractivity (Wildman–Crippen MR) is 109 cm³/mol. The van der Waals surface area contributed by atoms with Crippen LogP contribution in [0.4, 0.5) is 0 Å². The van der Waals surface area contributed by atoms with Crippen molar-refractivity contribution in [1.82, 2.24) is 0 Å². The minimum atomic E-state index is 0.337. The number of rotatable bonds is 10. The Morgan fingerprint density at radius 3 is 1.67 bits per heavy atom. The molecule has 0 aromatic heterocycles.